The van der Waals surface area contributed by atoms with Crippen molar-refractivity contribution in [2.45, 2.75) is 12.5 Å². The number of phenolic OH excluding ortho intramolecular Hbond substituents is 1. The van der Waals surface area contributed by atoms with Crippen LogP contribution < -0.4 is 25.4 Å². The van der Waals surface area contributed by atoms with E-state index in [1.807, 2.05) is 0 Å². The molecule has 204 valence electrons. The van der Waals surface area contributed by atoms with Gasteiger partial charge in [-0.25, -0.2) is 0 Å². The Kier molecular flexibility index (Phi) is 8.99. The second-order valence-corrected chi connectivity index (χ2v) is 8.85. The standard InChI is InChI=1S/C31H29N3O6/c1-39-24-16-12-21(13-17-24)29(36)33-27-9-4-3-8-26(27)30(37)34-28(18-20-10-14-23(35)15-11-20)31(38)32-22-6-5-7-25(19-22)40-2/h3-17,19,28,35H,18H2,1-2H3,(H,32,38)(H,33,36)(H,34,37)/t28-/m0/s1. The maximum atomic E-state index is 13.5. The molecule has 0 unspecified atom stereocenters. The lowest BCUT2D eigenvalue weighted by Crippen LogP contribution is -2.45. The van der Waals surface area contributed by atoms with Crippen molar-refractivity contribution in [1.82, 2.24) is 5.32 Å². The maximum absolute atomic E-state index is 13.5. The number of ether oxygens (including phenoxy) is 2. The third-order valence-electron chi connectivity index (χ3n) is 6.11. The minimum Gasteiger partial charge on any atom is -0.508 e. The zero-order chi connectivity index (χ0) is 28.5. The molecule has 0 aromatic heterocycles. The third kappa shape index (κ3) is 7.16. The molecule has 0 spiro atoms. The zero-order valence-electron chi connectivity index (χ0n) is 22.0. The summed E-state index contributed by atoms with van der Waals surface area (Å²) in [5.74, 6) is -0.127. The largest absolute Gasteiger partial charge is 0.508 e. The smallest absolute Gasteiger partial charge is 0.255 e. The van der Waals surface area contributed by atoms with Gasteiger partial charge in [0, 0.05) is 23.7 Å². The molecule has 0 fully saturated rings. The molecule has 0 aliphatic rings. The van der Waals surface area contributed by atoms with E-state index in [1.54, 1.807) is 84.9 Å². The molecule has 4 rings (SSSR count). The second kappa shape index (κ2) is 13.0. The van der Waals surface area contributed by atoms with Crippen molar-refractivity contribution in [3.8, 4) is 17.2 Å². The van der Waals surface area contributed by atoms with E-state index >= 15 is 0 Å². The van der Waals surface area contributed by atoms with Crippen LogP contribution in [0.5, 0.6) is 17.2 Å². The average Bonchev–Trinajstić information content (AvgIpc) is 2.98. The molecule has 0 aliphatic carbocycles. The molecule has 40 heavy (non-hydrogen) atoms. The Hall–Kier alpha value is -5.31. The molecule has 0 bridgehead atoms. The molecule has 3 amide bonds. The summed E-state index contributed by atoms with van der Waals surface area (Å²) >= 11 is 0. The predicted octanol–water partition coefficient (Wildman–Crippen LogP) is 4.64. The Morgan fingerprint density at radius 2 is 1.45 bits per heavy atom. The molecule has 0 saturated heterocycles. The monoisotopic (exact) mass is 539 g/mol. The number of benzene rings is 4. The first kappa shape index (κ1) is 27.7. The number of hydrogen-bond donors (Lipinski definition) is 4. The molecule has 0 saturated carbocycles. The van der Waals surface area contributed by atoms with Gasteiger partial charge in [0.2, 0.25) is 5.91 Å². The minimum absolute atomic E-state index is 0.0895. The van der Waals surface area contributed by atoms with Gasteiger partial charge in [-0.1, -0.05) is 30.3 Å². The summed E-state index contributed by atoms with van der Waals surface area (Å²) < 4.78 is 10.4. The summed E-state index contributed by atoms with van der Waals surface area (Å²) in [7, 11) is 3.06. The third-order valence-corrected chi connectivity index (χ3v) is 6.11. The number of carbonyl (C=O) groups is 3. The number of para-hydroxylation sites is 1. The second-order valence-electron chi connectivity index (χ2n) is 8.85. The van der Waals surface area contributed by atoms with E-state index in [4.69, 9.17) is 9.47 Å². The van der Waals surface area contributed by atoms with Crippen LogP contribution in [0.4, 0.5) is 11.4 Å². The van der Waals surface area contributed by atoms with Gasteiger partial charge in [0.25, 0.3) is 11.8 Å². The molecule has 0 radical (unpaired) electrons. The first-order chi connectivity index (χ1) is 19.4. The molecule has 0 heterocycles. The SMILES string of the molecule is COc1ccc(C(=O)Nc2ccccc2C(=O)N[C@@H](Cc2ccc(O)cc2)C(=O)Nc2cccc(OC)c2)cc1. The van der Waals surface area contributed by atoms with Gasteiger partial charge in [0.05, 0.1) is 25.5 Å². The van der Waals surface area contributed by atoms with Crippen LogP contribution in [0.3, 0.4) is 0 Å². The van der Waals surface area contributed by atoms with Crippen LogP contribution in [0.15, 0.2) is 97.1 Å². The fraction of sp³-hybridized carbons (Fsp3) is 0.129. The van der Waals surface area contributed by atoms with Crippen molar-refractivity contribution in [3.63, 3.8) is 0 Å². The number of aromatic hydroxyl groups is 1. The zero-order valence-corrected chi connectivity index (χ0v) is 22.0. The van der Waals surface area contributed by atoms with Gasteiger partial charge in [-0.2, -0.15) is 0 Å². The van der Waals surface area contributed by atoms with Crippen LogP contribution in [-0.2, 0) is 11.2 Å². The van der Waals surface area contributed by atoms with Crippen LogP contribution in [-0.4, -0.2) is 43.1 Å². The van der Waals surface area contributed by atoms with E-state index in [9.17, 15) is 19.5 Å². The molecular weight excluding hydrogens is 510 g/mol. The molecule has 1 atom stereocenters. The van der Waals surface area contributed by atoms with E-state index in [1.165, 1.54) is 26.4 Å². The number of nitrogens with one attached hydrogen (secondary N) is 3. The average molecular weight is 540 g/mol. The van der Waals surface area contributed by atoms with Crippen molar-refractivity contribution in [1.29, 1.82) is 0 Å². The van der Waals surface area contributed by atoms with Gasteiger partial charge in [-0.15, -0.1) is 0 Å². The van der Waals surface area contributed by atoms with Crippen LogP contribution in [0.25, 0.3) is 0 Å². The van der Waals surface area contributed by atoms with E-state index < -0.39 is 23.8 Å². The van der Waals surface area contributed by atoms with Crippen molar-refractivity contribution in [2.24, 2.45) is 0 Å². The topological polar surface area (TPSA) is 126 Å². The van der Waals surface area contributed by atoms with Crippen molar-refractivity contribution < 1.29 is 29.0 Å². The van der Waals surface area contributed by atoms with Gasteiger partial charge in [-0.05, 0) is 66.2 Å². The van der Waals surface area contributed by atoms with E-state index in [0.717, 1.165) is 5.56 Å². The van der Waals surface area contributed by atoms with Crippen LogP contribution >= 0.6 is 0 Å². The van der Waals surface area contributed by atoms with Gasteiger partial charge >= 0.3 is 0 Å². The molecular formula is C31H29N3O6. The van der Waals surface area contributed by atoms with E-state index in [2.05, 4.69) is 16.0 Å². The Balaban J connectivity index is 1.55. The minimum atomic E-state index is -0.978. The Bertz CT molecular complexity index is 1490. The highest BCUT2D eigenvalue weighted by Gasteiger charge is 2.24. The summed E-state index contributed by atoms with van der Waals surface area (Å²) in [6, 6.07) is 25.4. The molecule has 4 aromatic rings. The normalized spacial score (nSPS) is 11.2. The molecule has 9 nitrogen and oxygen atoms in total. The Labute approximate surface area is 231 Å². The van der Waals surface area contributed by atoms with Crippen LogP contribution in [0.1, 0.15) is 26.3 Å². The highest BCUT2D eigenvalue weighted by Crippen LogP contribution is 2.20. The maximum Gasteiger partial charge on any atom is 0.255 e. The summed E-state index contributed by atoms with van der Waals surface area (Å²) in [6.45, 7) is 0. The number of rotatable bonds is 10. The van der Waals surface area contributed by atoms with Crippen molar-refractivity contribution in [3.05, 3.63) is 114 Å². The summed E-state index contributed by atoms with van der Waals surface area (Å²) in [5.41, 5.74) is 2.09. The lowest BCUT2D eigenvalue weighted by molar-refractivity contribution is -0.118. The van der Waals surface area contributed by atoms with Crippen LogP contribution in [0, 0.1) is 0 Å². The fourth-order valence-corrected chi connectivity index (χ4v) is 3.97. The predicted molar refractivity (Wildman–Crippen MR) is 152 cm³/mol. The van der Waals surface area contributed by atoms with Gasteiger partial charge in [0.1, 0.15) is 23.3 Å². The Morgan fingerprint density at radius 1 is 0.750 bits per heavy atom. The molecule has 4 N–H and O–H groups in total. The van der Waals surface area contributed by atoms with E-state index in [-0.39, 0.29) is 23.4 Å². The van der Waals surface area contributed by atoms with Gasteiger partial charge in [0.15, 0.2) is 0 Å². The highest BCUT2D eigenvalue weighted by atomic mass is 16.5. The number of methoxy groups -OCH3 is 2. The quantitative estimate of drug-likeness (QED) is 0.233. The summed E-state index contributed by atoms with van der Waals surface area (Å²) in [4.78, 5) is 39.7. The Morgan fingerprint density at radius 3 is 2.15 bits per heavy atom. The number of hydrogen-bond acceptors (Lipinski definition) is 6. The first-order valence-corrected chi connectivity index (χ1v) is 12.4. The van der Waals surface area contributed by atoms with Gasteiger partial charge < -0.3 is 30.5 Å². The summed E-state index contributed by atoms with van der Waals surface area (Å²) in [6.07, 6.45) is 0.155. The first-order valence-electron chi connectivity index (χ1n) is 12.4. The fourth-order valence-electron chi connectivity index (χ4n) is 3.97. The van der Waals surface area contributed by atoms with Crippen LogP contribution in [0.2, 0.25) is 0 Å². The van der Waals surface area contributed by atoms with Gasteiger partial charge in [-0.3, -0.25) is 14.4 Å². The number of carbonyl (C=O) groups excluding carboxylic acids is 3. The number of anilines is 2. The number of phenols is 1. The molecule has 4 aromatic carbocycles. The number of amides is 3. The molecule has 0 aliphatic heterocycles. The van der Waals surface area contributed by atoms with Crippen molar-refractivity contribution in [2.75, 3.05) is 24.9 Å². The van der Waals surface area contributed by atoms with Crippen molar-refractivity contribution >= 4 is 29.1 Å². The lowest BCUT2D eigenvalue weighted by atomic mass is 10.0. The molecule has 9 heteroatoms. The lowest BCUT2D eigenvalue weighted by Gasteiger charge is -2.20. The highest BCUT2D eigenvalue weighted by molar-refractivity contribution is 6.10. The summed E-state index contributed by atoms with van der Waals surface area (Å²) in [5, 5.41) is 18.0. The van der Waals surface area contributed by atoms with E-state index in [0.29, 0.717) is 22.7 Å².